The Labute approximate surface area is 141 Å². The van der Waals surface area contributed by atoms with Gasteiger partial charge in [0.2, 0.25) is 5.91 Å². The molecule has 2 aliphatic rings. The first-order chi connectivity index (χ1) is 11.7. The number of nitrogens with one attached hydrogen (secondary N) is 1. The minimum Gasteiger partial charge on any atom is -0.391 e. The Kier molecular flexibility index (Phi) is 4.21. The number of amides is 1. The molecule has 2 N–H and O–H groups in total. The lowest BCUT2D eigenvalue weighted by Gasteiger charge is -2.16. The minimum atomic E-state index is -0.469. The lowest BCUT2D eigenvalue weighted by atomic mass is 9.99. The highest BCUT2D eigenvalue weighted by Gasteiger charge is 2.34. The van der Waals surface area contributed by atoms with Crippen molar-refractivity contribution in [3.63, 3.8) is 0 Å². The maximum atomic E-state index is 12.2. The fourth-order valence-corrected chi connectivity index (χ4v) is 3.38. The van der Waals surface area contributed by atoms with Crippen LogP contribution in [-0.4, -0.2) is 52.7 Å². The molecule has 1 aromatic heterocycles. The first-order valence-corrected chi connectivity index (χ1v) is 8.73. The summed E-state index contributed by atoms with van der Waals surface area (Å²) >= 11 is 0. The molecule has 1 saturated heterocycles. The van der Waals surface area contributed by atoms with E-state index in [1.165, 1.54) is 12.8 Å². The van der Waals surface area contributed by atoms with Gasteiger partial charge in [-0.25, -0.2) is 0 Å². The van der Waals surface area contributed by atoms with Gasteiger partial charge in [-0.05, 0) is 31.4 Å². The molecule has 4 rings (SSSR count). The predicted molar refractivity (Wildman–Crippen MR) is 92.5 cm³/mol. The van der Waals surface area contributed by atoms with Crippen molar-refractivity contribution in [2.75, 3.05) is 19.6 Å². The smallest absolute Gasteiger partial charge is 0.236 e. The second kappa shape index (κ2) is 6.49. The summed E-state index contributed by atoms with van der Waals surface area (Å²) in [6, 6.07) is 12.7. The van der Waals surface area contributed by atoms with Crippen LogP contribution in [0.5, 0.6) is 0 Å². The zero-order valence-electron chi connectivity index (χ0n) is 13.7. The van der Waals surface area contributed by atoms with E-state index in [-0.39, 0.29) is 11.8 Å². The Morgan fingerprint density at radius 3 is 2.88 bits per heavy atom. The topological polar surface area (TPSA) is 65.5 Å². The fourth-order valence-electron chi connectivity index (χ4n) is 3.38. The lowest BCUT2D eigenvalue weighted by Crippen LogP contribution is -2.38. The number of carbonyl (C=O) groups excluding carboxylic acids is 1. The van der Waals surface area contributed by atoms with Gasteiger partial charge in [0.15, 0.2) is 0 Å². The summed E-state index contributed by atoms with van der Waals surface area (Å²) in [5, 5.41) is 14.7. The van der Waals surface area contributed by atoms with E-state index in [1.807, 2.05) is 30.3 Å². The van der Waals surface area contributed by atoms with Gasteiger partial charge in [0.1, 0.15) is 0 Å². The summed E-state index contributed by atoms with van der Waals surface area (Å²) in [6.45, 7) is 1.43. The molecule has 5 heteroatoms. The molecule has 1 aromatic carbocycles. The number of fused-ring (bicyclic) bond motifs is 1. The molecule has 24 heavy (non-hydrogen) atoms. The van der Waals surface area contributed by atoms with Gasteiger partial charge in [0.25, 0.3) is 0 Å². The normalized spacial score (nSPS) is 23.8. The highest BCUT2D eigenvalue weighted by molar-refractivity contribution is 5.79. The Hall–Kier alpha value is -1.98. The second-order valence-electron chi connectivity index (χ2n) is 6.98. The average Bonchev–Trinajstić information content (AvgIpc) is 3.36. The van der Waals surface area contributed by atoms with E-state index < -0.39 is 6.10 Å². The van der Waals surface area contributed by atoms with Crippen LogP contribution in [0.15, 0.2) is 36.4 Å². The van der Waals surface area contributed by atoms with E-state index >= 15 is 0 Å². The van der Waals surface area contributed by atoms with Crippen LogP contribution < -0.4 is 5.32 Å². The van der Waals surface area contributed by atoms with Gasteiger partial charge in [0.05, 0.1) is 18.2 Å². The summed E-state index contributed by atoms with van der Waals surface area (Å²) < 4.78 is 0. The summed E-state index contributed by atoms with van der Waals surface area (Å²) in [4.78, 5) is 18.7. The number of aromatic nitrogens is 1. The van der Waals surface area contributed by atoms with Crippen LogP contribution in [0.3, 0.4) is 0 Å². The van der Waals surface area contributed by atoms with Gasteiger partial charge in [-0.15, -0.1) is 0 Å². The first kappa shape index (κ1) is 15.5. The number of rotatable bonds is 5. The number of para-hydroxylation sites is 1. The van der Waals surface area contributed by atoms with Crippen LogP contribution in [0.1, 0.15) is 18.5 Å². The molecular weight excluding hydrogens is 302 g/mol. The Balaban J connectivity index is 1.39. The monoisotopic (exact) mass is 325 g/mol. The third-order valence-corrected chi connectivity index (χ3v) is 5.01. The van der Waals surface area contributed by atoms with Gasteiger partial charge >= 0.3 is 0 Å². The highest BCUT2D eigenvalue weighted by atomic mass is 16.3. The molecule has 2 atom stereocenters. The molecule has 0 radical (unpaired) electrons. The van der Waals surface area contributed by atoms with Crippen molar-refractivity contribution in [2.24, 2.45) is 5.92 Å². The van der Waals surface area contributed by atoms with Gasteiger partial charge in [0, 0.05) is 36.1 Å². The van der Waals surface area contributed by atoms with E-state index in [0.29, 0.717) is 32.1 Å². The molecule has 1 saturated carbocycles. The zero-order chi connectivity index (χ0) is 16.5. The number of hydrogen-bond acceptors (Lipinski definition) is 4. The molecule has 1 aliphatic carbocycles. The fraction of sp³-hybridized carbons (Fsp3) is 0.474. The SMILES string of the molecule is O=C(CNC1CC1)N1C[C@@H](Cc2ccc3ccccc3n2)[C@H](O)C1. The van der Waals surface area contributed by atoms with Crippen molar-refractivity contribution >= 4 is 16.8 Å². The van der Waals surface area contributed by atoms with Crippen molar-refractivity contribution in [1.82, 2.24) is 15.2 Å². The van der Waals surface area contributed by atoms with Crippen molar-refractivity contribution < 1.29 is 9.90 Å². The molecule has 1 amide bonds. The molecule has 2 heterocycles. The molecular formula is C19H23N3O2. The van der Waals surface area contributed by atoms with Crippen LogP contribution in [0.2, 0.25) is 0 Å². The van der Waals surface area contributed by atoms with E-state index in [1.54, 1.807) is 4.90 Å². The second-order valence-corrected chi connectivity index (χ2v) is 6.98. The van der Waals surface area contributed by atoms with Crippen LogP contribution >= 0.6 is 0 Å². The number of β-amino-alcohol motifs (C(OH)–C–C–N with tert-alkyl or cyclic N) is 1. The first-order valence-electron chi connectivity index (χ1n) is 8.73. The maximum absolute atomic E-state index is 12.2. The summed E-state index contributed by atoms with van der Waals surface area (Å²) in [6.07, 6.45) is 2.58. The molecule has 0 spiro atoms. The number of likely N-dealkylation sites (tertiary alicyclic amines) is 1. The van der Waals surface area contributed by atoms with Crippen LogP contribution in [0.4, 0.5) is 0 Å². The summed E-state index contributed by atoms with van der Waals surface area (Å²) in [5.74, 6) is 0.151. The summed E-state index contributed by atoms with van der Waals surface area (Å²) in [7, 11) is 0. The van der Waals surface area contributed by atoms with E-state index in [9.17, 15) is 9.90 Å². The molecule has 1 aliphatic heterocycles. The Bertz CT molecular complexity index is 744. The van der Waals surface area contributed by atoms with Crippen LogP contribution in [-0.2, 0) is 11.2 Å². The van der Waals surface area contributed by atoms with Gasteiger partial charge in [-0.3, -0.25) is 9.78 Å². The number of pyridine rings is 1. The van der Waals surface area contributed by atoms with Crippen molar-refractivity contribution in [1.29, 1.82) is 0 Å². The largest absolute Gasteiger partial charge is 0.391 e. The number of carbonyl (C=O) groups is 1. The molecule has 2 fully saturated rings. The van der Waals surface area contributed by atoms with Gasteiger partial charge in [-0.2, -0.15) is 0 Å². The molecule has 126 valence electrons. The molecule has 5 nitrogen and oxygen atoms in total. The van der Waals surface area contributed by atoms with Crippen molar-refractivity contribution in [2.45, 2.75) is 31.4 Å². The minimum absolute atomic E-state index is 0.0588. The van der Waals surface area contributed by atoms with E-state index in [2.05, 4.69) is 16.4 Å². The third kappa shape index (κ3) is 3.42. The Morgan fingerprint density at radius 1 is 1.21 bits per heavy atom. The number of benzene rings is 1. The molecule has 2 aromatic rings. The predicted octanol–water partition coefficient (Wildman–Crippen LogP) is 1.35. The maximum Gasteiger partial charge on any atom is 0.236 e. The van der Waals surface area contributed by atoms with Crippen molar-refractivity contribution in [3.8, 4) is 0 Å². The van der Waals surface area contributed by atoms with Crippen LogP contribution in [0.25, 0.3) is 10.9 Å². The van der Waals surface area contributed by atoms with Crippen LogP contribution in [0, 0.1) is 5.92 Å². The standard InChI is InChI=1S/C19H23N3O2/c23-18-12-22(19(24)10-20-15-7-8-15)11-14(18)9-16-6-5-13-3-1-2-4-17(13)21-16/h1-6,14-15,18,20,23H,7-12H2/t14-,18-/m1/s1. The van der Waals surface area contributed by atoms with Gasteiger partial charge in [-0.1, -0.05) is 24.3 Å². The number of aliphatic hydroxyl groups excluding tert-OH is 1. The number of nitrogens with zero attached hydrogens (tertiary/aromatic N) is 2. The number of hydrogen-bond donors (Lipinski definition) is 2. The Morgan fingerprint density at radius 2 is 2.04 bits per heavy atom. The average molecular weight is 325 g/mol. The third-order valence-electron chi connectivity index (χ3n) is 5.01. The van der Waals surface area contributed by atoms with Crippen molar-refractivity contribution in [3.05, 3.63) is 42.1 Å². The number of aliphatic hydroxyl groups is 1. The molecule has 0 unspecified atom stereocenters. The zero-order valence-corrected chi connectivity index (χ0v) is 13.7. The van der Waals surface area contributed by atoms with Gasteiger partial charge < -0.3 is 15.3 Å². The van der Waals surface area contributed by atoms with E-state index in [0.717, 1.165) is 16.6 Å². The molecule has 0 bridgehead atoms. The quantitative estimate of drug-likeness (QED) is 0.871. The lowest BCUT2D eigenvalue weighted by molar-refractivity contribution is -0.129. The highest BCUT2D eigenvalue weighted by Crippen LogP contribution is 2.23. The van der Waals surface area contributed by atoms with E-state index in [4.69, 9.17) is 0 Å². The summed E-state index contributed by atoms with van der Waals surface area (Å²) in [5.41, 5.74) is 1.95.